The molecule has 0 amide bonds. The van der Waals surface area contributed by atoms with Crippen molar-refractivity contribution in [3.8, 4) is 5.75 Å². The Morgan fingerprint density at radius 2 is 2.24 bits per heavy atom. The van der Waals surface area contributed by atoms with Gasteiger partial charge >= 0.3 is 0 Å². The van der Waals surface area contributed by atoms with Crippen molar-refractivity contribution in [1.29, 1.82) is 0 Å². The lowest BCUT2D eigenvalue weighted by molar-refractivity contribution is -0.0465. The van der Waals surface area contributed by atoms with Gasteiger partial charge in [-0.05, 0) is 18.6 Å². The second kappa shape index (κ2) is 5.89. The molecule has 4 heteroatoms. The van der Waals surface area contributed by atoms with Crippen LogP contribution >= 0.6 is 0 Å². The summed E-state index contributed by atoms with van der Waals surface area (Å²) in [5, 5.41) is 3.28. The molecule has 2 unspecified atom stereocenters. The maximum Gasteiger partial charge on any atom is 0.175 e. The van der Waals surface area contributed by atoms with Crippen LogP contribution in [0.4, 0.5) is 5.69 Å². The van der Waals surface area contributed by atoms with E-state index in [0.717, 1.165) is 17.9 Å². The second-order valence-corrected chi connectivity index (χ2v) is 4.01. The summed E-state index contributed by atoms with van der Waals surface area (Å²) in [7, 11) is 1.66. The van der Waals surface area contributed by atoms with E-state index in [9.17, 15) is 0 Å². The molecule has 0 aliphatic carbocycles. The van der Waals surface area contributed by atoms with Gasteiger partial charge < -0.3 is 19.5 Å². The molecule has 1 saturated heterocycles. The fourth-order valence-electron chi connectivity index (χ4n) is 1.81. The smallest absolute Gasteiger partial charge is 0.175 e. The van der Waals surface area contributed by atoms with Gasteiger partial charge in [-0.3, -0.25) is 0 Å². The summed E-state index contributed by atoms with van der Waals surface area (Å²) >= 11 is 0. The van der Waals surface area contributed by atoms with Crippen molar-refractivity contribution in [3.05, 3.63) is 24.3 Å². The molecule has 1 aromatic carbocycles. The molecule has 0 bridgehead atoms. The van der Waals surface area contributed by atoms with Crippen molar-refractivity contribution < 1.29 is 14.2 Å². The Bertz CT molecular complexity index is 356. The molecule has 1 heterocycles. The number of hydrogen-bond acceptors (Lipinski definition) is 4. The van der Waals surface area contributed by atoms with Crippen LogP contribution in [0.2, 0.25) is 0 Å². The van der Waals surface area contributed by atoms with E-state index in [1.807, 2.05) is 24.3 Å². The standard InChI is InChI=1S/C13H19NO3/c1-3-10-9-16-13(17-10)8-14-11-6-4-5-7-12(11)15-2/h4-7,10,13-14H,3,8-9H2,1-2H3. The molecule has 0 spiro atoms. The molecule has 2 rings (SSSR count). The van der Waals surface area contributed by atoms with E-state index in [-0.39, 0.29) is 12.4 Å². The van der Waals surface area contributed by atoms with Gasteiger partial charge in [0, 0.05) is 0 Å². The van der Waals surface area contributed by atoms with Crippen molar-refractivity contribution in [2.45, 2.75) is 25.7 Å². The third-order valence-corrected chi connectivity index (χ3v) is 2.83. The first-order valence-electron chi connectivity index (χ1n) is 5.97. The molecule has 0 radical (unpaired) electrons. The zero-order chi connectivity index (χ0) is 12.1. The summed E-state index contributed by atoms with van der Waals surface area (Å²) in [6, 6.07) is 7.81. The maximum atomic E-state index is 5.68. The van der Waals surface area contributed by atoms with Gasteiger partial charge in [0.15, 0.2) is 6.29 Å². The quantitative estimate of drug-likeness (QED) is 0.852. The number of rotatable bonds is 5. The average molecular weight is 237 g/mol. The molecule has 17 heavy (non-hydrogen) atoms. The Morgan fingerprint density at radius 3 is 2.94 bits per heavy atom. The lowest BCUT2D eigenvalue weighted by Crippen LogP contribution is -2.21. The predicted molar refractivity (Wildman–Crippen MR) is 66.4 cm³/mol. The third-order valence-electron chi connectivity index (χ3n) is 2.83. The normalized spacial score (nSPS) is 23.6. The molecule has 94 valence electrons. The van der Waals surface area contributed by atoms with Crippen LogP contribution in [-0.4, -0.2) is 32.7 Å². The lowest BCUT2D eigenvalue weighted by Gasteiger charge is -2.14. The minimum atomic E-state index is -0.162. The Kier molecular flexibility index (Phi) is 4.23. The summed E-state index contributed by atoms with van der Waals surface area (Å²) in [6.07, 6.45) is 1.06. The van der Waals surface area contributed by atoms with Crippen molar-refractivity contribution in [1.82, 2.24) is 0 Å². The first-order valence-corrected chi connectivity index (χ1v) is 5.97. The average Bonchev–Trinajstić information content (AvgIpc) is 2.84. The number of methoxy groups -OCH3 is 1. The zero-order valence-corrected chi connectivity index (χ0v) is 10.3. The second-order valence-electron chi connectivity index (χ2n) is 4.01. The first kappa shape index (κ1) is 12.2. The van der Waals surface area contributed by atoms with Crippen molar-refractivity contribution in [2.24, 2.45) is 0 Å². The van der Waals surface area contributed by atoms with Crippen LogP contribution in [-0.2, 0) is 9.47 Å². The molecule has 0 aromatic heterocycles. The van der Waals surface area contributed by atoms with Crippen LogP contribution < -0.4 is 10.1 Å². The molecular formula is C13H19NO3. The SMILES string of the molecule is CCC1COC(CNc2ccccc2OC)O1. The molecule has 1 aliphatic rings. The van der Waals surface area contributed by atoms with Gasteiger partial charge in [0.2, 0.25) is 0 Å². The highest BCUT2D eigenvalue weighted by molar-refractivity contribution is 5.56. The summed E-state index contributed by atoms with van der Waals surface area (Å²) in [5.74, 6) is 0.831. The van der Waals surface area contributed by atoms with E-state index in [0.29, 0.717) is 13.2 Å². The minimum absolute atomic E-state index is 0.162. The highest BCUT2D eigenvalue weighted by atomic mass is 16.7. The molecule has 1 fully saturated rings. The van der Waals surface area contributed by atoms with Gasteiger partial charge in [-0.2, -0.15) is 0 Å². The molecule has 1 aliphatic heterocycles. The van der Waals surface area contributed by atoms with Crippen molar-refractivity contribution in [3.63, 3.8) is 0 Å². The third kappa shape index (κ3) is 3.11. The largest absolute Gasteiger partial charge is 0.495 e. The highest BCUT2D eigenvalue weighted by Gasteiger charge is 2.24. The van der Waals surface area contributed by atoms with E-state index in [2.05, 4.69) is 12.2 Å². The number of anilines is 1. The number of ether oxygens (including phenoxy) is 3. The monoisotopic (exact) mass is 237 g/mol. The van der Waals surface area contributed by atoms with Gasteiger partial charge in [0.1, 0.15) is 5.75 Å². The number of benzene rings is 1. The fraction of sp³-hybridized carbons (Fsp3) is 0.538. The first-order chi connectivity index (χ1) is 8.33. The van der Waals surface area contributed by atoms with E-state index in [1.54, 1.807) is 7.11 Å². The number of para-hydroxylation sites is 2. The van der Waals surface area contributed by atoms with Crippen LogP contribution in [0.1, 0.15) is 13.3 Å². The van der Waals surface area contributed by atoms with Gasteiger partial charge in [0.25, 0.3) is 0 Å². The van der Waals surface area contributed by atoms with E-state index < -0.39 is 0 Å². The van der Waals surface area contributed by atoms with Crippen LogP contribution in [0.3, 0.4) is 0 Å². The summed E-state index contributed by atoms with van der Waals surface area (Å²) in [6.45, 7) is 3.43. The van der Waals surface area contributed by atoms with E-state index in [4.69, 9.17) is 14.2 Å². The van der Waals surface area contributed by atoms with Gasteiger partial charge in [-0.1, -0.05) is 19.1 Å². The maximum absolute atomic E-state index is 5.68. The van der Waals surface area contributed by atoms with Crippen LogP contribution in [0, 0.1) is 0 Å². The highest BCUT2D eigenvalue weighted by Crippen LogP contribution is 2.23. The molecule has 0 saturated carbocycles. The van der Waals surface area contributed by atoms with Crippen LogP contribution in [0.5, 0.6) is 5.75 Å². The minimum Gasteiger partial charge on any atom is -0.495 e. The Labute approximate surface area is 102 Å². The zero-order valence-electron chi connectivity index (χ0n) is 10.3. The Morgan fingerprint density at radius 1 is 1.41 bits per heavy atom. The molecule has 2 atom stereocenters. The lowest BCUT2D eigenvalue weighted by atomic mass is 10.3. The molecule has 4 nitrogen and oxygen atoms in total. The molecular weight excluding hydrogens is 218 g/mol. The van der Waals surface area contributed by atoms with Gasteiger partial charge in [-0.25, -0.2) is 0 Å². The number of nitrogens with one attached hydrogen (secondary N) is 1. The van der Waals surface area contributed by atoms with Gasteiger partial charge in [0.05, 0.1) is 32.1 Å². The Balaban J connectivity index is 1.85. The fourth-order valence-corrected chi connectivity index (χ4v) is 1.81. The molecule has 1 aromatic rings. The number of hydrogen-bond donors (Lipinski definition) is 1. The van der Waals surface area contributed by atoms with E-state index in [1.165, 1.54) is 0 Å². The van der Waals surface area contributed by atoms with Crippen LogP contribution in [0.25, 0.3) is 0 Å². The topological polar surface area (TPSA) is 39.7 Å². The van der Waals surface area contributed by atoms with Gasteiger partial charge in [-0.15, -0.1) is 0 Å². The Hall–Kier alpha value is -1.26. The predicted octanol–water partition coefficient (Wildman–Crippen LogP) is 2.26. The van der Waals surface area contributed by atoms with Crippen molar-refractivity contribution in [2.75, 3.05) is 25.6 Å². The van der Waals surface area contributed by atoms with Crippen molar-refractivity contribution >= 4 is 5.69 Å². The van der Waals surface area contributed by atoms with E-state index >= 15 is 0 Å². The molecule has 1 N–H and O–H groups in total. The van der Waals surface area contributed by atoms with Crippen LogP contribution in [0.15, 0.2) is 24.3 Å². The summed E-state index contributed by atoms with van der Waals surface area (Å²) < 4.78 is 16.5. The summed E-state index contributed by atoms with van der Waals surface area (Å²) in [4.78, 5) is 0. The summed E-state index contributed by atoms with van der Waals surface area (Å²) in [5.41, 5.74) is 0.960.